The Labute approximate surface area is 103 Å². The Morgan fingerprint density at radius 2 is 1.88 bits per heavy atom. The molecule has 16 heavy (non-hydrogen) atoms. The molecule has 0 spiro atoms. The van der Waals surface area contributed by atoms with Crippen molar-refractivity contribution in [1.29, 1.82) is 0 Å². The van der Waals surface area contributed by atoms with E-state index in [4.69, 9.17) is 28.3 Å². The highest BCUT2D eigenvalue weighted by Gasteiger charge is 2.14. The molecule has 86 valence electrons. The number of hydrogen-bond acceptors (Lipinski definition) is 2. The van der Waals surface area contributed by atoms with Gasteiger partial charge in [0.1, 0.15) is 0 Å². The number of carbonyl (C=O) groups is 1. The second kappa shape index (κ2) is 5.18. The van der Waals surface area contributed by atoms with Crippen molar-refractivity contribution in [2.24, 2.45) is 4.99 Å². The maximum absolute atomic E-state index is 10.8. The van der Waals surface area contributed by atoms with Crippen LogP contribution in [0.3, 0.4) is 0 Å². The maximum Gasteiger partial charge on any atom is 0.338 e. The molecular weight excluding hydrogens is 251 g/mol. The topological polar surface area (TPSA) is 52.9 Å². The molecule has 0 saturated heterocycles. The van der Waals surface area contributed by atoms with E-state index in [0.717, 1.165) is 0 Å². The van der Waals surface area contributed by atoms with E-state index in [1.165, 1.54) is 12.1 Å². The van der Waals surface area contributed by atoms with Crippen molar-refractivity contribution in [2.75, 3.05) is 14.1 Å². The minimum atomic E-state index is -1.15. The van der Waals surface area contributed by atoms with Gasteiger partial charge in [0.2, 0.25) is 0 Å². The zero-order chi connectivity index (χ0) is 12.3. The number of benzene rings is 1. The Bertz CT molecular complexity index is 421. The molecule has 0 heterocycles. The van der Waals surface area contributed by atoms with Crippen LogP contribution in [0.2, 0.25) is 10.0 Å². The number of halogens is 2. The normalized spacial score (nSPS) is 10.8. The summed E-state index contributed by atoms with van der Waals surface area (Å²) in [5, 5.41) is 8.99. The van der Waals surface area contributed by atoms with Crippen LogP contribution in [0.25, 0.3) is 0 Å². The molecule has 0 fully saturated rings. The molecule has 0 unspecified atom stereocenters. The van der Waals surface area contributed by atoms with Crippen molar-refractivity contribution in [2.45, 2.75) is 0 Å². The van der Waals surface area contributed by atoms with Gasteiger partial charge in [-0.15, -0.1) is 0 Å². The summed E-state index contributed by atoms with van der Waals surface area (Å²) in [6.07, 6.45) is 1.57. The first-order chi connectivity index (χ1) is 7.41. The van der Waals surface area contributed by atoms with Crippen molar-refractivity contribution < 1.29 is 9.90 Å². The maximum atomic E-state index is 10.8. The minimum Gasteiger partial charge on any atom is -0.478 e. The first-order valence-corrected chi connectivity index (χ1v) is 5.10. The van der Waals surface area contributed by atoms with E-state index in [1.54, 1.807) is 11.2 Å². The van der Waals surface area contributed by atoms with Crippen LogP contribution in [0.5, 0.6) is 0 Å². The molecule has 4 nitrogen and oxygen atoms in total. The van der Waals surface area contributed by atoms with Crippen molar-refractivity contribution in [3.63, 3.8) is 0 Å². The molecule has 1 aromatic rings. The zero-order valence-corrected chi connectivity index (χ0v) is 10.2. The first-order valence-electron chi connectivity index (χ1n) is 4.34. The van der Waals surface area contributed by atoms with E-state index in [2.05, 4.69) is 4.99 Å². The molecule has 0 amide bonds. The lowest BCUT2D eigenvalue weighted by Crippen LogP contribution is -2.07. The van der Waals surface area contributed by atoms with Gasteiger partial charge in [0.05, 0.1) is 27.6 Å². The van der Waals surface area contributed by atoms with Crippen molar-refractivity contribution in [3.8, 4) is 0 Å². The number of carboxylic acids is 1. The van der Waals surface area contributed by atoms with Crippen LogP contribution in [0.15, 0.2) is 17.1 Å². The molecule has 0 atom stereocenters. The van der Waals surface area contributed by atoms with Gasteiger partial charge in [-0.05, 0) is 12.1 Å². The largest absolute Gasteiger partial charge is 0.478 e. The van der Waals surface area contributed by atoms with Gasteiger partial charge in [-0.25, -0.2) is 9.79 Å². The minimum absolute atomic E-state index is 0.0749. The summed E-state index contributed by atoms with van der Waals surface area (Å²) in [5.41, 5.74) is 0.404. The first kappa shape index (κ1) is 12.8. The quantitative estimate of drug-likeness (QED) is 0.672. The summed E-state index contributed by atoms with van der Waals surface area (Å²) in [6.45, 7) is 0. The van der Waals surface area contributed by atoms with Crippen LogP contribution in [0.1, 0.15) is 10.4 Å². The van der Waals surface area contributed by atoms with Gasteiger partial charge in [-0.2, -0.15) is 0 Å². The lowest BCUT2D eigenvalue weighted by atomic mass is 10.2. The average Bonchev–Trinajstić information content (AvgIpc) is 2.12. The molecule has 0 radical (unpaired) electrons. The number of carboxylic acid groups (broad SMARTS) is 1. The molecular formula is C10H10Cl2N2O2. The van der Waals surface area contributed by atoms with Gasteiger partial charge in [-0.1, -0.05) is 23.2 Å². The Morgan fingerprint density at radius 3 is 2.25 bits per heavy atom. The number of aromatic carboxylic acids is 1. The third-order valence-electron chi connectivity index (χ3n) is 1.68. The molecule has 1 aromatic carbocycles. The summed E-state index contributed by atoms with van der Waals surface area (Å²) in [5.74, 6) is -1.15. The molecule has 0 aliphatic rings. The van der Waals surface area contributed by atoms with E-state index in [0.29, 0.717) is 5.69 Å². The van der Waals surface area contributed by atoms with Gasteiger partial charge in [0.15, 0.2) is 0 Å². The second-order valence-electron chi connectivity index (χ2n) is 3.30. The van der Waals surface area contributed by atoms with Crippen LogP contribution in [-0.2, 0) is 0 Å². The Morgan fingerprint density at radius 1 is 1.38 bits per heavy atom. The number of hydrogen-bond donors (Lipinski definition) is 1. The highest BCUT2D eigenvalue weighted by Crippen LogP contribution is 2.30. The third kappa shape index (κ3) is 3.12. The van der Waals surface area contributed by atoms with Crippen LogP contribution < -0.4 is 0 Å². The van der Waals surface area contributed by atoms with Crippen molar-refractivity contribution in [3.05, 3.63) is 27.7 Å². The molecule has 0 aromatic heterocycles. The Balaban J connectivity index is 3.15. The van der Waals surface area contributed by atoms with Gasteiger partial charge >= 0.3 is 5.97 Å². The lowest BCUT2D eigenvalue weighted by Gasteiger charge is -2.05. The zero-order valence-electron chi connectivity index (χ0n) is 8.74. The average molecular weight is 261 g/mol. The molecule has 1 rings (SSSR count). The van der Waals surface area contributed by atoms with Gasteiger partial charge in [0, 0.05) is 14.1 Å². The van der Waals surface area contributed by atoms with Gasteiger partial charge in [-0.3, -0.25) is 0 Å². The van der Waals surface area contributed by atoms with E-state index < -0.39 is 5.97 Å². The molecule has 0 aliphatic carbocycles. The Hall–Kier alpha value is -1.26. The predicted molar refractivity (Wildman–Crippen MR) is 65.3 cm³/mol. The van der Waals surface area contributed by atoms with Gasteiger partial charge in [0.25, 0.3) is 0 Å². The van der Waals surface area contributed by atoms with Gasteiger partial charge < -0.3 is 10.0 Å². The standard InChI is InChI=1S/C10H10Cl2N2O2/c1-14(2)5-13-6-3-7(11)9(10(15)16)8(12)4-6/h3-5H,1-2H3,(H,15,16)/b13-5+. The molecule has 0 saturated carbocycles. The number of aliphatic imine (C=N–C) groups is 1. The third-order valence-corrected chi connectivity index (χ3v) is 2.27. The molecule has 6 heteroatoms. The van der Waals surface area contributed by atoms with E-state index >= 15 is 0 Å². The predicted octanol–water partition coefficient (Wildman–Crippen LogP) is 2.91. The number of rotatable bonds is 3. The second-order valence-corrected chi connectivity index (χ2v) is 4.11. The summed E-state index contributed by atoms with van der Waals surface area (Å²) >= 11 is 11.6. The van der Waals surface area contributed by atoms with E-state index in [1.807, 2.05) is 14.1 Å². The van der Waals surface area contributed by atoms with Crippen LogP contribution >= 0.6 is 23.2 Å². The number of nitrogens with zero attached hydrogens (tertiary/aromatic N) is 2. The van der Waals surface area contributed by atoms with Crippen molar-refractivity contribution in [1.82, 2.24) is 4.90 Å². The van der Waals surface area contributed by atoms with Crippen molar-refractivity contribution >= 4 is 41.2 Å². The Kier molecular flexibility index (Phi) is 4.15. The highest BCUT2D eigenvalue weighted by atomic mass is 35.5. The van der Waals surface area contributed by atoms with Crippen LogP contribution in [0.4, 0.5) is 5.69 Å². The van der Waals surface area contributed by atoms with Crippen LogP contribution in [0, 0.1) is 0 Å². The van der Waals surface area contributed by atoms with E-state index in [-0.39, 0.29) is 15.6 Å². The summed E-state index contributed by atoms with van der Waals surface area (Å²) < 4.78 is 0. The highest BCUT2D eigenvalue weighted by molar-refractivity contribution is 6.39. The lowest BCUT2D eigenvalue weighted by molar-refractivity contribution is 0.0697. The smallest absolute Gasteiger partial charge is 0.338 e. The fraction of sp³-hybridized carbons (Fsp3) is 0.200. The van der Waals surface area contributed by atoms with E-state index in [9.17, 15) is 4.79 Å². The fourth-order valence-electron chi connectivity index (χ4n) is 1.02. The fourth-order valence-corrected chi connectivity index (χ4v) is 1.66. The summed E-state index contributed by atoms with van der Waals surface area (Å²) in [4.78, 5) is 16.6. The molecule has 1 N–H and O–H groups in total. The van der Waals surface area contributed by atoms with Crippen LogP contribution in [-0.4, -0.2) is 36.4 Å². The summed E-state index contributed by atoms with van der Waals surface area (Å²) in [7, 11) is 3.64. The molecule has 0 bridgehead atoms. The molecule has 0 aliphatic heterocycles. The monoisotopic (exact) mass is 260 g/mol. The summed E-state index contributed by atoms with van der Waals surface area (Å²) in [6, 6.07) is 2.91. The SMILES string of the molecule is CN(C)/C=N/c1cc(Cl)c(C(=O)O)c(Cl)c1.